The topological polar surface area (TPSA) is 35.6 Å². The molecule has 0 aliphatic carbocycles. The first-order valence-electron chi connectivity index (χ1n) is 16.8. The van der Waals surface area contributed by atoms with E-state index in [0.717, 1.165) is 61.7 Å². The Kier molecular flexibility index (Phi) is 7.81. The number of rotatable bonds is 4. The molecule has 0 bridgehead atoms. The first-order chi connectivity index (χ1) is 23.9. The Bertz CT molecular complexity index is 2700. The van der Waals surface area contributed by atoms with Gasteiger partial charge in [-0.15, -0.1) is 12.1 Å². The van der Waals surface area contributed by atoms with Crippen LogP contribution in [0.3, 0.4) is 0 Å². The van der Waals surface area contributed by atoms with Gasteiger partial charge in [-0.3, -0.25) is 4.57 Å². The summed E-state index contributed by atoms with van der Waals surface area (Å²) in [5.41, 5.74) is 11.5. The van der Waals surface area contributed by atoms with Crippen LogP contribution in [0.4, 0.5) is 0 Å². The predicted molar refractivity (Wildman–Crippen MR) is 203 cm³/mol. The molecule has 5 heteroatoms. The van der Waals surface area contributed by atoms with Gasteiger partial charge in [-0.25, -0.2) is 21.1 Å². The van der Waals surface area contributed by atoms with Crippen molar-refractivity contribution in [2.75, 3.05) is 0 Å². The van der Waals surface area contributed by atoms with E-state index >= 15 is 0 Å². The van der Waals surface area contributed by atoms with Crippen LogP contribution in [-0.2, 0) is 26.5 Å². The van der Waals surface area contributed by atoms with Crippen LogP contribution >= 0.6 is 0 Å². The fourth-order valence-electron chi connectivity index (χ4n) is 7.50. The van der Waals surface area contributed by atoms with Crippen LogP contribution in [0.2, 0.25) is 0 Å². The van der Waals surface area contributed by atoms with Crippen molar-refractivity contribution in [1.29, 1.82) is 0 Å². The predicted octanol–water partition coefficient (Wildman–Crippen LogP) is 11.2. The van der Waals surface area contributed by atoms with Crippen LogP contribution < -0.4 is 0 Å². The zero-order valence-electron chi connectivity index (χ0n) is 28.3. The summed E-state index contributed by atoms with van der Waals surface area (Å²) in [5, 5.41) is 4.70. The number of fused-ring (bicyclic) bond motifs is 6. The van der Waals surface area contributed by atoms with Gasteiger partial charge in [-0.05, 0) is 52.9 Å². The zero-order valence-corrected chi connectivity index (χ0v) is 30.6. The Morgan fingerprint density at radius 3 is 1.92 bits per heavy atom. The van der Waals surface area contributed by atoms with Crippen LogP contribution in [0.15, 0.2) is 134 Å². The van der Waals surface area contributed by atoms with Crippen molar-refractivity contribution >= 4 is 43.9 Å². The average Bonchev–Trinajstić information content (AvgIpc) is 3.63. The molecule has 4 heterocycles. The molecule has 0 aliphatic rings. The van der Waals surface area contributed by atoms with E-state index < -0.39 is 0 Å². The second-order valence-electron chi connectivity index (χ2n) is 13.8. The first-order valence-corrected chi connectivity index (χ1v) is 16.8. The summed E-state index contributed by atoms with van der Waals surface area (Å²) >= 11 is 0. The summed E-state index contributed by atoms with van der Waals surface area (Å²) in [7, 11) is 0. The maximum Gasteiger partial charge on any atom is 2.00 e. The molecule has 50 heavy (non-hydrogen) atoms. The van der Waals surface area contributed by atoms with E-state index in [0.29, 0.717) is 0 Å². The summed E-state index contributed by atoms with van der Waals surface area (Å²) in [6.45, 7) is 9.11. The molecule has 0 spiro atoms. The zero-order chi connectivity index (χ0) is 33.3. The van der Waals surface area contributed by atoms with Crippen LogP contribution in [0.5, 0.6) is 0 Å². The Morgan fingerprint density at radius 1 is 0.640 bits per heavy atom. The normalized spacial score (nSPS) is 11.8. The molecule has 0 saturated carbocycles. The van der Waals surface area contributed by atoms with Crippen LogP contribution in [0.1, 0.15) is 31.9 Å². The Labute approximate surface area is 306 Å². The number of hydrogen-bond acceptors (Lipinski definition) is 2. The molecule has 4 aromatic heterocycles. The van der Waals surface area contributed by atoms with E-state index in [9.17, 15) is 0 Å². The molecule has 4 nitrogen and oxygen atoms in total. The summed E-state index contributed by atoms with van der Waals surface area (Å²) in [6, 6.07) is 51.5. The van der Waals surface area contributed by atoms with Gasteiger partial charge in [-0.2, -0.15) is 42.5 Å². The molecule has 0 atom stereocenters. The van der Waals surface area contributed by atoms with Crippen LogP contribution in [0, 0.1) is 19.1 Å². The summed E-state index contributed by atoms with van der Waals surface area (Å²) < 4.78 is 4.53. The molecule has 0 fully saturated rings. The van der Waals surface area contributed by atoms with E-state index in [2.05, 4.69) is 152 Å². The summed E-state index contributed by atoms with van der Waals surface area (Å²) in [5.74, 6) is 0.853. The average molecular weight is 826 g/mol. The first kappa shape index (κ1) is 31.9. The van der Waals surface area contributed by atoms with Gasteiger partial charge >= 0.3 is 21.1 Å². The minimum atomic E-state index is -0.200. The number of benzene rings is 5. The van der Waals surface area contributed by atoms with Crippen molar-refractivity contribution in [3.63, 3.8) is 0 Å². The van der Waals surface area contributed by atoms with E-state index in [1.807, 2.05) is 30.5 Å². The second-order valence-corrected chi connectivity index (χ2v) is 13.8. The summed E-state index contributed by atoms with van der Waals surface area (Å²) in [4.78, 5) is 10.8. The fourth-order valence-corrected chi connectivity index (χ4v) is 7.50. The van der Waals surface area contributed by atoms with Gasteiger partial charge < -0.3 is 4.57 Å². The Hall–Kier alpha value is -5.31. The number of hydrogen-bond donors (Lipinski definition) is 0. The fraction of sp³-hybridized carbons (Fsp3) is 0.111. The summed E-state index contributed by atoms with van der Waals surface area (Å²) in [6.07, 6.45) is 2.00. The maximum atomic E-state index is 5.65. The number of nitrogens with zero attached hydrogens (tertiary/aromatic N) is 4. The van der Waals surface area contributed by atoms with Gasteiger partial charge in [0.05, 0.1) is 11.0 Å². The molecule has 9 aromatic rings. The van der Waals surface area contributed by atoms with Crippen molar-refractivity contribution in [2.45, 2.75) is 33.1 Å². The van der Waals surface area contributed by atoms with Crippen LogP contribution in [0.25, 0.3) is 77.6 Å². The molecule has 0 unspecified atom stereocenters. The molecule has 0 amide bonds. The van der Waals surface area contributed by atoms with Crippen molar-refractivity contribution in [2.24, 2.45) is 0 Å². The monoisotopic (exact) mass is 825 g/mol. The smallest absolute Gasteiger partial charge is 0.313 e. The van der Waals surface area contributed by atoms with E-state index in [4.69, 9.17) is 9.97 Å². The number of pyridine rings is 2. The maximum absolute atomic E-state index is 5.65. The van der Waals surface area contributed by atoms with Crippen LogP contribution in [-0.4, -0.2) is 19.1 Å². The van der Waals surface area contributed by atoms with Gasteiger partial charge in [0, 0.05) is 33.3 Å². The number of aromatic nitrogens is 4. The largest absolute Gasteiger partial charge is 2.00 e. The van der Waals surface area contributed by atoms with Gasteiger partial charge in [-0.1, -0.05) is 87.5 Å². The van der Waals surface area contributed by atoms with Crippen molar-refractivity contribution in [3.8, 4) is 33.8 Å². The Balaban J connectivity index is 0.00000361. The minimum Gasteiger partial charge on any atom is -0.313 e. The molecular weight excluding hydrogens is 792 g/mol. The van der Waals surface area contributed by atoms with Gasteiger partial charge in [0.2, 0.25) is 0 Å². The molecule has 5 aromatic carbocycles. The van der Waals surface area contributed by atoms with Gasteiger partial charge in [0.1, 0.15) is 17.1 Å². The third-order valence-corrected chi connectivity index (χ3v) is 9.59. The number of aryl methyl sites for hydroxylation is 1. The standard InChI is InChI=1S/C45H34N4.Pt/c1-29-26-39(46-28-36(29)31-18-9-6-10-19-31)49-38-25-14-12-23-35(38)41-42(45(2,3)4)40-34-22-11-13-24-37(34)48(43(40)47-44(41)49)33-21-15-20-32(27-33)30-16-7-5-8-17-30;/h5-16,18-26,28H,1-4H3;/q-2;+2. The van der Waals surface area contributed by atoms with E-state index in [1.54, 1.807) is 0 Å². The Morgan fingerprint density at radius 2 is 1.26 bits per heavy atom. The SMILES string of the molecule is Cc1cc(-n2c3ccccc3c3c(C(C)(C)C)c4c5ccccc5n(-c5[c-]c(-c6[c-]cccc6)ccc5)c4nc32)ncc1-c1ccccc1.[Pt+2]. The van der Waals surface area contributed by atoms with Crippen molar-refractivity contribution < 1.29 is 21.1 Å². The molecule has 9 rings (SSSR count). The van der Waals surface area contributed by atoms with Gasteiger partial charge in [0.15, 0.2) is 0 Å². The molecule has 0 aliphatic heterocycles. The van der Waals surface area contributed by atoms with Gasteiger partial charge in [0.25, 0.3) is 0 Å². The molecule has 0 saturated heterocycles. The van der Waals surface area contributed by atoms with Crippen molar-refractivity contribution in [1.82, 2.24) is 19.1 Å². The quantitative estimate of drug-likeness (QED) is 0.166. The number of para-hydroxylation sites is 2. The minimum absolute atomic E-state index is 0. The second kappa shape index (κ2) is 12.2. The molecule has 0 N–H and O–H groups in total. The third kappa shape index (κ3) is 5.01. The van der Waals surface area contributed by atoms with E-state index in [-0.39, 0.29) is 26.5 Å². The molecule has 244 valence electrons. The van der Waals surface area contributed by atoms with Crippen molar-refractivity contribution in [3.05, 3.63) is 157 Å². The van der Waals surface area contributed by atoms with E-state index in [1.165, 1.54) is 27.1 Å². The third-order valence-electron chi connectivity index (χ3n) is 9.59. The molecular formula is C45H34N4Pt. The molecule has 0 radical (unpaired) electrons.